The Balaban J connectivity index is 1.71. The predicted molar refractivity (Wildman–Crippen MR) is 105 cm³/mol. The van der Waals surface area contributed by atoms with Crippen molar-refractivity contribution in [3.63, 3.8) is 0 Å². The number of imide groups is 1. The summed E-state index contributed by atoms with van der Waals surface area (Å²) < 4.78 is 5.74. The zero-order chi connectivity index (χ0) is 19.4. The Labute approximate surface area is 163 Å². The zero-order valence-corrected chi connectivity index (χ0v) is 16.0. The van der Waals surface area contributed by atoms with Gasteiger partial charge in [0.15, 0.2) is 0 Å². The third-order valence-electron chi connectivity index (χ3n) is 4.32. The molecule has 1 heterocycles. The number of benzene rings is 2. The molecule has 140 valence electrons. The van der Waals surface area contributed by atoms with Gasteiger partial charge in [-0.05, 0) is 54.8 Å². The van der Waals surface area contributed by atoms with Crippen molar-refractivity contribution in [1.29, 1.82) is 0 Å². The van der Waals surface area contributed by atoms with Crippen LogP contribution in [0.5, 0.6) is 5.75 Å². The zero-order valence-electron chi connectivity index (χ0n) is 15.2. The lowest BCUT2D eigenvalue weighted by Crippen LogP contribution is -2.30. The van der Waals surface area contributed by atoms with Crippen molar-refractivity contribution in [3.8, 4) is 5.75 Å². The fourth-order valence-electron chi connectivity index (χ4n) is 2.61. The fraction of sp³-hybridized carbons (Fsp3) is 0.238. The van der Waals surface area contributed by atoms with Gasteiger partial charge < -0.3 is 10.1 Å². The molecule has 0 radical (unpaired) electrons. The lowest BCUT2D eigenvalue weighted by atomic mass is 10.1. The highest BCUT2D eigenvalue weighted by molar-refractivity contribution is 6.30. The number of amides is 3. The average molecular weight is 385 g/mol. The Bertz CT molecular complexity index is 860. The van der Waals surface area contributed by atoms with Crippen LogP contribution >= 0.6 is 11.6 Å². The minimum Gasteiger partial charge on any atom is -0.491 e. The molecular formula is C21H21ClN2O3. The minimum atomic E-state index is -0.432. The van der Waals surface area contributed by atoms with Gasteiger partial charge in [0, 0.05) is 5.02 Å². The van der Waals surface area contributed by atoms with Crippen LogP contribution in [0.15, 0.2) is 54.2 Å². The van der Waals surface area contributed by atoms with Crippen LogP contribution < -0.4 is 10.1 Å². The maximum atomic E-state index is 12.6. The number of rotatable bonds is 6. The van der Waals surface area contributed by atoms with Crippen LogP contribution in [-0.4, -0.2) is 22.9 Å². The number of carbonyl (C=O) groups excluding carboxylic acids is 2. The Morgan fingerprint density at radius 1 is 1.11 bits per heavy atom. The van der Waals surface area contributed by atoms with Crippen LogP contribution in [-0.2, 0) is 11.3 Å². The maximum absolute atomic E-state index is 12.6. The highest BCUT2D eigenvalue weighted by Crippen LogP contribution is 2.20. The van der Waals surface area contributed by atoms with Gasteiger partial charge in [-0.2, -0.15) is 0 Å². The summed E-state index contributed by atoms with van der Waals surface area (Å²) in [6, 6.07) is 14.0. The number of urea groups is 1. The van der Waals surface area contributed by atoms with Crippen LogP contribution in [0.25, 0.3) is 6.08 Å². The van der Waals surface area contributed by atoms with Gasteiger partial charge in [0.1, 0.15) is 11.4 Å². The van der Waals surface area contributed by atoms with E-state index in [2.05, 4.69) is 12.2 Å². The van der Waals surface area contributed by atoms with E-state index in [4.69, 9.17) is 16.3 Å². The van der Waals surface area contributed by atoms with E-state index >= 15 is 0 Å². The third-order valence-corrected chi connectivity index (χ3v) is 4.57. The summed E-state index contributed by atoms with van der Waals surface area (Å²) in [7, 11) is 0. The van der Waals surface area contributed by atoms with Crippen molar-refractivity contribution in [2.45, 2.75) is 32.9 Å². The van der Waals surface area contributed by atoms with Crippen molar-refractivity contribution in [2.75, 3.05) is 0 Å². The van der Waals surface area contributed by atoms with E-state index in [1.54, 1.807) is 30.3 Å². The molecule has 1 fully saturated rings. The summed E-state index contributed by atoms with van der Waals surface area (Å²) in [5.41, 5.74) is 1.89. The standard InChI is InChI=1S/C21H21ClN2O3/c1-3-14(2)27-18-10-6-15(7-11-18)12-19-20(25)24(21(26)23-19)13-16-4-8-17(22)9-5-16/h4-12,14H,3,13H2,1-2H3,(H,23,26)/b19-12-. The lowest BCUT2D eigenvalue weighted by molar-refractivity contribution is -0.123. The van der Waals surface area contributed by atoms with E-state index in [0.717, 1.165) is 23.3 Å². The Morgan fingerprint density at radius 3 is 2.41 bits per heavy atom. The number of nitrogens with one attached hydrogen (secondary N) is 1. The summed E-state index contributed by atoms with van der Waals surface area (Å²) in [5, 5.41) is 3.24. The van der Waals surface area contributed by atoms with E-state index in [1.165, 1.54) is 4.90 Å². The quantitative estimate of drug-likeness (QED) is 0.584. The fourth-order valence-corrected chi connectivity index (χ4v) is 2.74. The van der Waals surface area contributed by atoms with Gasteiger partial charge in [-0.25, -0.2) is 4.79 Å². The first-order valence-electron chi connectivity index (χ1n) is 8.82. The highest BCUT2D eigenvalue weighted by Gasteiger charge is 2.33. The molecule has 6 heteroatoms. The second-order valence-electron chi connectivity index (χ2n) is 6.41. The highest BCUT2D eigenvalue weighted by atomic mass is 35.5. The van der Waals surface area contributed by atoms with Crippen LogP contribution in [0.3, 0.4) is 0 Å². The Morgan fingerprint density at radius 2 is 1.78 bits per heavy atom. The molecule has 1 aliphatic rings. The number of carbonyl (C=O) groups is 2. The summed E-state index contributed by atoms with van der Waals surface area (Å²) in [5.74, 6) is 0.424. The molecule has 0 aromatic heterocycles. The van der Waals surface area contributed by atoms with E-state index < -0.39 is 6.03 Å². The van der Waals surface area contributed by atoms with Crippen molar-refractivity contribution in [3.05, 3.63) is 70.4 Å². The number of halogens is 1. The van der Waals surface area contributed by atoms with E-state index in [1.807, 2.05) is 31.2 Å². The third kappa shape index (κ3) is 4.68. The molecule has 1 aliphatic heterocycles. The van der Waals surface area contributed by atoms with Crippen LogP contribution in [0.4, 0.5) is 4.79 Å². The normalized spacial score (nSPS) is 16.6. The summed E-state index contributed by atoms with van der Waals surface area (Å²) in [4.78, 5) is 25.9. The summed E-state index contributed by atoms with van der Waals surface area (Å²) in [6.07, 6.45) is 2.73. The second-order valence-corrected chi connectivity index (χ2v) is 6.85. The van der Waals surface area contributed by atoms with E-state index in [0.29, 0.717) is 5.02 Å². The van der Waals surface area contributed by atoms with E-state index in [9.17, 15) is 9.59 Å². The first-order valence-corrected chi connectivity index (χ1v) is 9.19. The predicted octanol–water partition coefficient (Wildman–Crippen LogP) is 4.61. The van der Waals surface area contributed by atoms with Crippen LogP contribution in [0.2, 0.25) is 5.02 Å². The van der Waals surface area contributed by atoms with Crippen molar-refractivity contribution < 1.29 is 14.3 Å². The maximum Gasteiger partial charge on any atom is 0.329 e. The molecule has 0 saturated carbocycles. The number of nitrogens with zero attached hydrogens (tertiary/aromatic N) is 1. The van der Waals surface area contributed by atoms with Gasteiger partial charge in [0.05, 0.1) is 12.6 Å². The molecule has 3 amide bonds. The van der Waals surface area contributed by atoms with Crippen LogP contribution in [0, 0.1) is 0 Å². The molecule has 0 spiro atoms. The van der Waals surface area contributed by atoms with E-state index in [-0.39, 0.29) is 24.3 Å². The molecule has 5 nitrogen and oxygen atoms in total. The summed E-state index contributed by atoms with van der Waals surface area (Å²) >= 11 is 5.87. The molecule has 3 rings (SSSR count). The second kappa shape index (κ2) is 8.27. The van der Waals surface area contributed by atoms with Gasteiger partial charge >= 0.3 is 6.03 Å². The van der Waals surface area contributed by atoms with Gasteiger partial charge in [0.2, 0.25) is 0 Å². The largest absolute Gasteiger partial charge is 0.491 e. The monoisotopic (exact) mass is 384 g/mol. The molecular weight excluding hydrogens is 364 g/mol. The van der Waals surface area contributed by atoms with Crippen molar-refractivity contribution in [2.24, 2.45) is 0 Å². The van der Waals surface area contributed by atoms with Gasteiger partial charge in [-0.3, -0.25) is 9.69 Å². The summed E-state index contributed by atoms with van der Waals surface area (Å²) in [6.45, 7) is 4.27. The Kier molecular flexibility index (Phi) is 5.81. The lowest BCUT2D eigenvalue weighted by Gasteiger charge is -2.12. The average Bonchev–Trinajstić information content (AvgIpc) is 2.92. The SMILES string of the molecule is CCC(C)Oc1ccc(/C=C2\NC(=O)N(Cc3ccc(Cl)cc3)C2=O)cc1. The number of hydrogen-bond donors (Lipinski definition) is 1. The molecule has 1 atom stereocenters. The van der Waals surface area contributed by atoms with Crippen molar-refractivity contribution >= 4 is 29.6 Å². The van der Waals surface area contributed by atoms with Gasteiger partial charge in [-0.15, -0.1) is 0 Å². The molecule has 0 aliphatic carbocycles. The van der Waals surface area contributed by atoms with Gasteiger partial charge in [-0.1, -0.05) is 42.8 Å². The molecule has 1 N–H and O–H groups in total. The molecule has 0 bridgehead atoms. The number of hydrogen-bond acceptors (Lipinski definition) is 3. The van der Waals surface area contributed by atoms with Crippen molar-refractivity contribution in [1.82, 2.24) is 10.2 Å². The Hall–Kier alpha value is -2.79. The first-order chi connectivity index (χ1) is 13.0. The molecule has 2 aromatic carbocycles. The number of ether oxygens (including phenoxy) is 1. The van der Waals surface area contributed by atoms with Crippen LogP contribution in [0.1, 0.15) is 31.4 Å². The molecule has 1 unspecified atom stereocenters. The topological polar surface area (TPSA) is 58.6 Å². The molecule has 27 heavy (non-hydrogen) atoms. The molecule has 2 aromatic rings. The molecule has 1 saturated heterocycles. The smallest absolute Gasteiger partial charge is 0.329 e. The first kappa shape index (κ1) is 19.0. The van der Waals surface area contributed by atoms with Gasteiger partial charge in [0.25, 0.3) is 5.91 Å². The minimum absolute atomic E-state index is 0.145.